The minimum Gasteiger partial charge on any atom is -0.445 e. The Labute approximate surface area is 189 Å². The van der Waals surface area contributed by atoms with Gasteiger partial charge in [-0.15, -0.1) is 0 Å². The van der Waals surface area contributed by atoms with E-state index < -0.39 is 12.1 Å². The number of amides is 3. The number of ether oxygens (including phenoxy) is 1. The largest absolute Gasteiger partial charge is 0.445 e. The zero-order valence-corrected chi connectivity index (χ0v) is 19.0. The standard InChI is InChI=1S/C25H33N3O4/c1-4-9-22(29)27-21-14-12-19(13-15-21)16-26-24(30)23(18(3)5-2)28-25(31)32-17-20-10-7-6-8-11-20/h6-8,10-15,18,23H,4-5,9,16-17H2,1-3H3,(H,26,30)(H,27,29)(H,28,31)/t18-,23-/m0/s1. The van der Waals surface area contributed by atoms with Gasteiger partial charge >= 0.3 is 6.09 Å². The second-order valence-electron chi connectivity index (χ2n) is 7.78. The van der Waals surface area contributed by atoms with Crippen molar-refractivity contribution in [1.82, 2.24) is 10.6 Å². The SMILES string of the molecule is CCCC(=O)Nc1ccc(CNC(=O)[C@@H](NC(=O)OCc2ccccc2)[C@@H](C)CC)cc1. The quantitative estimate of drug-likeness (QED) is 0.484. The number of nitrogens with one attached hydrogen (secondary N) is 3. The van der Waals surface area contributed by atoms with Gasteiger partial charge in [0.1, 0.15) is 12.6 Å². The van der Waals surface area contributed by atoms with Crippen LogP contribution in [-0.4, -0.2) is 23.9 Å². The summed E-state index contributed by atoms with van der Waals surface area (Å²) in [4.78, 5) is 36.7. The molecule has 3 N–H and O–H groups in total. The van der Waals surface area contributed by atoms with E-state index in [9.17, 15) is 14.4 Å². The smallest absolute Gasteiger partial charge is 0.408 e. The summed E-state index contributed by atoms with van der Waals surface area (Å²) in [5, 5.41) is 8.41. The highest BCUT2D eigenvalue weighted by molar-refractivity contribution is 5.90. The van der Waals surface area contributed by atoms with Crippen LogP contribution in [0.4, 0.5) is 10.5 Å². The van der Waals surface area contributed by atoms with E-state index in [4.69, 9.17) is 4.74 Å². The average molecular weight is 440 g/mol. The van der Waals surface area contributed by atoms with Gasteiger partial charge in [-0.25, -0.2) is 4.79 Å². The summed E-state index contributed by atoms with van der Waals surface area (Å²) in [7, 11) is 0. The maximum Gasteiger partial charge on any atom is 0.408 e. The van der Waals surface area contributed by atoms with Gasteiger partial charge in [-0.2, -0.15) is 0 Å². The van der Waals surface area contributed by atoms with Gasteiger partial charge in [0.05, 0.1) is 0 Å². The molecule has 0 fully saturated rings. The summed E-state index contributed by atoms with van der Waals surface area (Å²) in [6.45, 7) is 6.29. The molecule has 2 rings (SSSR count). The molecule has 2 aromatic carbocycles. The first-order valence-electron chi connectivity index (χ1n) is 11.1. The molecule has 0 spiro atoms. The normalized spacial score (nSPS) is 12.3. The van der Waals surface area contributed by atoms with E-state index in [2.05, 4.69) is 16.0 Å². The first kappa shape index (κ1) is 24.9. The van der Waals surface area contributed by atoms with Crippen LogP contribution in [0, 0.1) is 5.92 Å². The third kappa shape index (κ3) is 8.41. The van der Waals surface area contributed by atoms with Crippen LogP contribution in [-0.2, 0) is 27.5 Å². The number of alkyl carbamates (subject to hydrolysis) is 1. The molecule has 2 aromatic rings. The molecule has 0 saturated carbocycles. The third-order valence-electron chi connectivity index (χ3n) is 5.16. The maximum atomic E-state index is 12.8. The lowest BCUT2D eigenvalue weighted by Crippen LogP contribution is -2.50. The Hall–Kier alpha value is -3.35. The number of benzene rings is 2. The Bertz CT molecular complexity index is 869. The van der Waals surface area contributed by atoms with Crippen molar-refractivity contribution in [3.8, 4) is 0 Å². The number of anilines is 1. The summed E-state index contributed by atoms with van der Waals surface area (Å²) in [6.07, 6.45) is 1.38. The summed E-state index contributed by atoms with van der Waals surface area (Å²) < 4.78 is 5.26. The van der Waals surface area contributed by atoms with Gasteiger partial charge in [0.25, 0.3) is 0 Å². The number of hydrogen-bond donors (Lipinski definition) is 3. The molecule has 3 amide bonds. The molecule has 0 bridgehead atoms. The van der Waals surface area contributed by atoms with Crippen LogP contribution in [0.1, 0.15) is 51.2 Å². The maximum absolute atomic E-state index is 12.8. The van der Waals surface area contributed by atoms with E-state index in [1.165, 1.54) is 0 Å². The van der Waals surface area contributed by atoms with Gasteiger partial charge in [0.15, 0.2) is 0 Å². The molecule has 32 heavy (non-hydrogen) atoms. The van der Waals surface area contributed by atoms with Gasteiger partial charge in [-0.3, -0.25) is 9.59 Å². The molecular formula is C25H33N3O4. The highest BCUT2D eigenvalue weighted by atomic mass is 16.5. The highest BCUT2D eigenvalue weighted by Crippen LogP contribution is 2.12. The molecule has 7 heteroatoms. The van der Waals surface area contributed by atoms with Gasteiger partial charge in [-0.05, 0) is 35.6 Å². The van der Waals surface area contributed by atoms with Crippen molar-refractivity contribution < 1.29 is 19.1 Å². The third-order valence-corrected chi connectivity index (χ3v) is 5.16. The van der Waals surface area contributed by atoms with Gasteiger partial charge in [-0.1, -0.05) is 69.7 Å². The van der Waals surface area contributed by atoms with Crippen molar-refractivity contribution in [1.29, 1.82) is 0 Å². The molecule has 0 aromatic heterocycles. The second-order valence-corrected chi connectivity index (χ2v) is 7.78. The molecular weight excluding hydrogens is 406 g/mol. The van der Waals surface area contributed by atoms with Crippen molar-refractivity contribution in [2.24, 2.45) is 5.92 Å². The fourth-order valence-corrected chi connectivity index (χ4v) is 3.05. The molecule has 0 heterocycles. The zero-order valence-electron chi connectivity index (χ0n) is 19.0. The van der Waals surface area contributed by atoms with Crippen LogP contribution < -0.4 is 16.0 Å². The summed E-state index contributed by atoms with van der Waals surface area (Å²) in [6, 6.07) is 16.0. The fraction of sp³-hybridized carbons (Fsp3) is 0.400. The zero-order chi connectivity index (χ0) is 23.3. The van der Waals surface area contributed by atoms with Crippen LogP contribution in [0.15, 0.2) is 54.6 Å². The van der Waals surface area contributed by atoms with Gasteiger partial charge in [0, 0.05) is 18.7 Å². The van der Waals surface area contributed by atoms with E-state index in [1.54, 1.807) is 12.1 Å². The molecule has 0 saturated heterocycles. The Morgan fingerprint density at radius 1 is 0.938 bits per heavy atom. The Morgan fingerprint density at radius 2 is 1.62 bits per heavy atom. The predicted molar refractivity (Wildman–Crippen MR) is 125 cm³/mol. The fourth-order valence-electron chi connectivity index (χ4n) is 3.05. The van der Waals surface area contributed by atoms with E-state index >= 15 is 0 Å². The Morgan fingerprint density at radius 3 is 2.25 bits per heavy atom. The van der Waals surface area contributed by atoms with Crippen LogP contribution in [0.2, 0.25) is 0 Å². The molecule has 7 nitrogen and oxygen atoms in total. The molecule has 0 unspecified atom stereocenters. The van der Waals surface area contributed by atoms with Crippen LogP contribution in [0.25, 0.3) is 0 Å². The first-order chi connectivity index (χ1) is 15.4. The minimum atomic E-state index is -0.698. The monoisotopic (exact) mass is 439 g/mol. The minimum absolute atomic E-state index is 0.0184. The van der Waals surface area contributed by atoms with E-state index in [1.807, 2.05) is 63.2 Å². The summed E-state index contributed by atoms with van der Waals surface area (Å²) in [5.74, 6) is -0.345. The topological polar surface area (TPSA) is 96.5 Å². The van der Waals surface area contributed by atoms with Crippen molar-refractivity contribution >= 4 is 23.6 Å². The molecule has 0 aliphatic rings. The van der Waals surface area contributed by atoms with Crippen molar-refractivity contribution in [3.63, 3.8) is 0 Å². The lowest BCUT2D eigenvalue weighted by Gasteiger charge is -2.23. The lowest BCUT2D eigenvalue weighted by molar-refractivity contribution is -0.124. The highest BCUT2D eigenvalue weighted by Gasteiger charge is 2.26. The van der Waals surface area contributed by atoms with Crippen LogP contribution in [0.3, 0.4) is 0 Å². The van der Waals surface area contributed by atoms with Crippen molar-refractivity contribution in [3.05, 3.63) is 65.7 Å². The lowest BCUT2D eigenvalue weighted by atomic mass is 9.98. The number of rotatable bonds is 11. The summed E-state index contributed by atoms with van der Waals surface area (Å²) in [5.41, 5.74) is 2.49. The van der Waals surface area contributed by atoms with Crippen molar-refractivity contribution in [2.75, 3.05) is 5.32 Å². The molecule has 0 aliphatic carbocycles. The second kappa shape index (κ2) is 13.1. The molecule has 0 radical (unpaired) electrons. The predicted octanol–water partition coefficient (Wildman–Crippen LogP) is 4.38. The number of hydrogen-bond acceptors (Lipinski definition) is 4. The molecule has 0 aliphatic heterocycles. The van der Waals surface area contributed by atoms with Crippen LogP contribution >= 0.6 is 0 Å². The van der Waals surface area contributed by atoms with E-state index in [-0.39, 0.29) is 24.3 Å². The molecule has 172 valence electrons. The van der Waals surface area contributed by atoms with Gasteiger partial charge in [0.2, 0.25) is 11.8 Å². The van der Waals surface area contributed by atoms with Gasteiger partial charge < -0.3 is 20.7 Å². The molecule has 2 atom stereocenters. The van der Waals surface area contributed by atoms with E-state index in [0.29, 0.717) is 13.0 Å². The Balaban J connectivity index is 1.87. The summed E-state index contributed by atoms with van der Waals surface area (Å²) >= 11 is 0. The van der Waals surface area contributed by atoms with E-state index in [0.717, 1.165) is 29.7 Å². The number of carbonyl (C=O) groups is 3. The van der Waals surface area contributed by atoms with Crippen molar-refractivity contribution in [2.45, 2.75) is 59.2 Å². The number of carbonyl (C=O) groups excluding carboxylic acids is 3. The average Bonchev–Trinajstić information content (AvgIpc) is 2.81. The Kier molecular flexibility index (Phi) is 10.2. The first-order valence-corrected chi connectivity index (χ1v) is 11.1. The van der Waals surface area contributed by atoms with Crippen LogP contribution in [0.5, 0.6) is 0 Å².